The van der Waals surface area contributed by atoms with Crippen molar-refractivity contribution >= 4 is 5.69 Å². The number of aromatic nitrogens is 2. The Morgan fingerprint density at radius 1 is 1.40 bits per heavy atom. The van der Waals surface area contributed by atoms with Gasteiger partial charge in [-0.2, -0.15) is 5.10 Å². The van der Waals surface area contributed by atoms with E-state index in [2.05, 4.69) is 38.1 Å². The summed E-state index contributed by atoms with van der Waals surface area (Å²) in [6.07, 6.45) is 2.86. The lowest BCUT2D eigenvalue weighted by Crippen LogP contribution is -2.41. The lowest BCUT2D eigenvalue weighted by molar-refractivity contribution is 0.337. The van der Waals surface area contributed by atoms with Gasteiger partial charge in [-0.25, -0.2) is 4.68 Å². The number of rotatable bonds is 8. The van der Waals surface area contributed by atoms with Crippen LogP contribution in [0.1, 0.15) is 34.1 Å². The van der Waals surface area contributed by atoms with Crippen LogP contribution in [0, 0.1) is 5.92 Å². The van der Waals surface area contributed by atoms with Crippen molar-refractivity contribution in [3.8, 4) is 0 Å². The molecule has 0 bridgehead atoms. The number of hydrogen-bond donors (Lipinski definition) is 1. The first-order chi connectivity index (χ1) is 9.49. The number of hydrogen-bond acceptors (Lipinski definition) is 4. The molecule has 0 fully saturated rings. The monoisotopic (exact) mass is 280 g/mol. The van der Waals surface area contributed by atoms with Gasteiger partial charge >= 0.3 is 0 Å². The Hall–Kier alpha value is -1.36. The largest absolute Gasteiger partial charge is 0.373 e. The van der Waals surface area contributed by atoms with E-state index in [0.29, 0.717) is 12.5 Å². The maximum absolute atomic E-state index is 12.1. The van der Waals surface area contributed by atoms with Crippen molar-refractivity contribution in [2.45, 2.75) is 46.7 Å². The highest BCUT2D eigenvalue weighted by Crippen LogP contribution is 2.07. The molecule has 20 heavy (non-hydrogen) atoms. The van der Waals surface area contributed by atoms with Crippen molar-refractivity contribution < 1.29 is 0 Å². The van der Waals surface area contributed by atoms with Crippen LogP contribution in [-0.2, 0) is 6.54 Å². The van der Waals surface area contributed by atoms with Gasteiger partial charge in [-0.15, -0.1) is 0 Å². The summed E-state index contributed by atoms with van der Waals surface area (Å²) in [4.78, 5) is 14.1. The van der Waals surface area contributed by atoms with E-state index in [4.69, 9.17) is 0 Å². The molecule has 1 atom stereocenters. The van der Waals surface area contributed by atoms with E-state index in [-0.39, 0.29) is 11.6 Å². The highest BCUT2D eigenvalue weighted by molar-refractivity contribution is 5.41. The predicted octanol–water partition coefficient (Wildman–Crippen LogP) is 1.72. The normalized spacial score (nSPS) is 12.7. The Morgan fingerprint density at radius 2 is 2.10 bits per heavy atom. The second-order valence-corrected chi connectivity index (χ2v) is 5.55. The van der Waals surface area contributed by atoms with Gasteiger partial charge < -0.3 is 10.2 Å². The maximum atomic E-state index is 12.1. The van der Waals surface area contributed by atoms with Crippen LogP contribution in [0.25, 0.3) is 0 Å². The molecular weight excluding hydrogens is 252 g/mol. The summed E-state index contributed by atoms with van der Waals surface area (Å²) in [6, 6.07) is 1.93. The molecule has 114 valence electrons. The zero-order valence-electron chi connectivity index (χ0n) is 13.4. The summed E-state index contributed by atoms with van der Waals surface area (Å²) in [5.41, 5.74) is 0.836. The molecule has 1 unspecified atom stereocenters. The highest BCUT2D eigenvalue weighted by Gasteiger charge is 2.14. The molecule has 1 aromatic heterocycles. The fourth-order valence-corrected chi connectivity index (χ4v) is 1.98. The van der Waals surface area contributed by atoms with E-state index < -0.39 is 0 Å². The zero-order chi connectivity index (χ0) is 15.1. The molecule has 5 nitrogen and oxygen atoms in total. The van der Waals surface area contributed by atoms with Crippen LogP contribution in [-0.4, -0.2) is 36.0 Å². The van der Waals surface area contributed by atoms with Crippen LogP contribution in [0.3, 0.4) is 0 Å². The molecule has 0 aliphatic rings. The Kier molecular flexibility index (Phi) is 6.71. The SMILES string of the molecule is CCCNC(Cn1ncc(N(C)CC)cc1=O)C(C)C. The molecule has 0 saturated carbocycles. The summed E-state index contributed by atoms with van der Waals surface area (Å²) in [6.45, 7) is 11.0. The lowest BCUT2D eigenvalue weighted by Gasteiger charge is -2.23. The molecule has 5 heteroatoms. The van der Waals surface area contributed by atoms with Crippen LogP contribution in [0.15, 0.2) is 17.1 Å². The molecule has 1 aromatic rings. The quantitative estimate of drug-likeness (QED) is 0.788. The summed E-state index contributed by atoms with van der Waals surface area (Å²) in [5, 5.41) is 7.78. The second kappa shape index (κ2) is 8.04. The van der Waals surface area contributed by atoms with Gasteiger partial charge in [0.05, 0.1) is 18.4 Å². The van der Waals surface area contributed by atoms with Crippen molar-refractivity contribution in [1.82, 2.24) is 15.1 Å². The predicted molar refractivity (Wildman–Crippen MR) is 84.4 cm³/mol. The van der Waals surface area contributed by atoms with Crippen LogP contribution in [0.4, 0.5) is 5.69 Å². The first kappa shape index (κ1) is 16.7. The average molecular weight is 280 g/mol. The van der Waals surface area contributed by atoms with E-state index >= 15 is 0 Å². The van der Waals surface area contributed by atoms with Gasteiger partial charge in [0, 0.05) is 25.7 Å². The first-order valence-corrected chi connectivity index (χ1v) is 7.51. The molecule has 0 radical (unpaired) electrons. The number of nitrogens with one attached hydrogen (secondary N) is 1. The minimum Gasteiger partial charge on any atom is -0.373 e. The fraction of sp³-hybridized carbons (Fsp3) is 0.733. The first-order valence-electron chi connectivity index (χ1n) is 7.51. The third-order valence-corrected chi connectivity index (χ3v) is 3.60. The second-order valence-electron chi connectivity index (χ2n) is 5.55. The van der Waals surface area contributed by atoms with Crippen LogP contribution in [0.2, 0.25) is 0 Å². The van der Waals surface area contributed by atoms with Crippen molar-refractivity contribution in [2.75, 3.05) is 25.0 Å². The average Bonchev–Trinajstić information content (AvgIpc) is 2.43. The lowest BCUT2D eigenvalue weighted by atomic mass is 10.0. The minimum absolute atomic E-state index is 0.0354. The Morgan fingerprint density at radius 3 is 2.60 bits per heavy atom. The van der Waals surface area contributed by atoms with E-state index in [0.717, 1.165) is 25.2 Å². The summed E-state index contributed by atoms with van der Waals surface area (Å²) in [5.74, 6) is 0.466. The van der Waals surface area contributed by atoms with Crippen molar-refractivity contribution in [3.63, 3.8) is 0 Å². The Balaban J connectivity index is 2.83. The molecule has 0 aliphatic heterocycles. The Bertz CT molecular complexity index is 455. The molecule has 0 aromatic carbocycles. The molecule has 0 amide bonds. The summed E-state index contributed by atoms with van der Waals surface area (Å²) < 4.78 is 1.56. The molecular formula is C15H28N4O. The summed E-state index contributed by atoms with van der Waals surface area (Å²) >= 11 is 0. The zero-order valence-corrected chi connectivity index (χ0v) is 13.4. The van der Waals surface area contributed by atoms with Gasteiger partial charge in [0.2, 0.25) is 0 Å². The molecule has 0 aliphatic carbocycles. The smallest absolute Gasteiger partial charge is 0.268 e. The third kappa shape index (κ3) is 4.63. The van der Waals surface area contributed by atoms with E-state index in [1.54, 1.807) is 16.9 Å². The Labute approximate surface area is 122 Å². The molecule has 1 N–H and O–H groups in total. The van der Waals surface area contributed by atoms with Crippen molar-refractivity contribution in [1.29, 1.82) is 0 Å². The van der Waals surface area contributed by atoms with Gasteiger partial charge in [-0.1, -0.05) is 20.8 Å². The van der Waals surface area contributed by atoms with E-state index in [1.165, 1.54) is 0 Å². The minimum atomic E-state index is -0.0354. The van der Waals surface area contributed by atoms with Gasteiger partial charge in [-0.05, 0) is 25.8 Å². The fourth-order valence-electron chi connectivity index (χ4n) is 1.98. The topological polar surface area (TPSA) is 50.2 Å². The van der Waals surface area contributed by atoms with Crippen LogP contribution < -0.4 is 15.8 Å². The molecule has 1 rings (SSSR count). The van der Waals surface area contributed by atoms with E-state index in [9.17, 15) is 4.79 Å². The molecule has 0 spiro atoms. The van der Waals surface area contributed by atoms with Crippen LogP contribution in [0.5, 0.6) is 0 Å². The van der Waals surface area contributed by atoms with Crippen molar-refractivity contribution in [3.05, 3.63) is 22.6 Å². The van der Waals surface area contributed by atoms with Gasteiger partial charge in [0.1, 0.15) is 0 Å². The van der Waals surface area contributed by atoms with Gasteiger partial charge in [-0.3, -0.25) is 4.79 Å². The highest BCUT2D eigenvalue weighted by atomic mass is 16.1. The van der Waals surface area contributed by atoms with Crippen LogP contribution >= 0.6 is 0 Å². The third-order valence-electron chi connectivity index (χ3n) is 3.60. The molecule has 0 saturated heterocycles. The summed E-state index contributed by atoms with van der Waals surface area (Å²) in [7, 11) is 1.96. The standard InChI is InChI=1S/C15H28N4O/c1-6-8-16-14(12(3)4)11-19-15(20)9-13(10-17-19)18(5)7-2/h9-10,12,14,16H,6-8,11H2,1-5H3. The maximum Gasteiger partial charge on any atom is 0.268 e. The van der Waals surface area contributed by atoms with Crippen molar-refractivity contribution in [2.24, 2.45) is 5.92 Å². The van der Waals surface area contributed by atoms with E-state index in [1.807, 2.05) is 11.9 Å². The molecule has 1 heterocycles. The number of anilines is 1. The number of nitrogens with zero attached hydrogens (tertiary/aromatic N) is 3. The van der Waals surface area contributed by atoms with Gasteiger partial charge in [0.15, 0.2) is 0 Å². The van der Waals surface area contributed by atoms with Gasteiger partial charge in [0.25, 0.3) is 5.56 Å².